The third kappa shape index (κ3) is 3.38. The van der Waals surface area contributed by atoms with Gasteiger partial charge in [0.25, 0.3) is 0 Å². The van der Waals surface area contributed by atoms with Gasteiger partial charge in [0.2, 0.25) is 0 Å². The van der Waals surface area contributed by atoms with Gasteiger partial charge in [-0.15, -0.1) is 0 Å². The van der Waals surface area contributed by atoms with Crippen LogP contribution in [0, 0.1) is 0 Å². The summed E-state index contributed by atoms with van der Waals surface area (Å²) in [6.45, 7) is 2.03. The molecule has 15 heavy (non-hydrogen) atoms. The van der Waals surface area contributed by atoms with Crippen LogP contribution < -0.4 is 0 Å². The molecule has 0 aliphatic heterocycles. The van der Waals surface area contributed by atoms with Crippen LogP contribution in [0.4, 0.5) is 0 Å². The maximum Gasteiger partial charge on any atom is 0.189 e. The minimum atomic E-state index is -0.830. The van der Waals surface area contributed by atoms with Gasteiger partial charge in [0.05, 0.1) is 0 Å². The molecule has 1 rings (SSSR count). The van der Waals surface area contributed by atoms with Crippen molar-refractivity contribution < 1.29 is 14.6 Å². The highest BCUT2D eigenvalue weighted by Gasteiger charge is 2.35. The maximum atomic E-state index is 10.4. The Labute approximate surface area is 91.4 Å². The molecule has 1 N–H and O–H groups in total. The molecule has 0 spiro atoms. The summed E-state index contributed by atoms with van der Waals surface area (Å²) in [5.74, 6) is 0.520. The highest BCUT2D eigenvalue weighted by atomic mass is 16.7. The molecule has 0 heterocycles. The second-order valence-electron chi connectivity index (χ2n) is 3.91. The molecule has 0 aromatic heterocycles. The van der Waals surface area contributed by atoms with Crippen LogP contribution in [0.15, 0.2) is 17.6 Å². The van der Waals surface area contributed by atoms with Crippen LogP contribution >= 0.6 is 0 Å². The van der Waals surface area contributed by atoms with Crippen molar-refractivity contribution in [3.8, 4) is 0 Å². The quantitative estimate of drug-likeness (QED) is 0.441. The zero-order valence-electron chi connectivity index (χ0n) is 9.58. The summed E-state index contributed by atoms with van der Waals surface area (Å²) < 4.78 is 10.2. The zero-order valence-corrected chi connectivity index (χ0v) is 9.58. The third-order valence-corrected chi connectivity index (χ3v) is 2.70. The number of aliphatic hydroxyl groups is 1. The Bertz CT molecular complexity index is 246. The van der Waals surface area contributed by atoms with E-state index >= 15 is 0 Å². The first-order chi connectivity index (χ1) is 7.23. The van der Waals surface area contributed by atoms with Gasteiger partial charge in [0.15, 0.2) is 12.6 Å². The van der Waals surface area contributed by atoms with Gasteiger partial charge in [-0.2, -0.15) is 0 Å². The van der Waals surface area contributed by atoms with Crippen molar-refractivity contribution in [1.29, 1.82) is 0 Å². The van der Waals surface area contributed by atoms with E-state index in [-0.39, 0.29) is 6.79 Å². The summed E-state index contributed by atoms with van der Waals surface area (Å²) in [6, 6.07) is 0. The van der Waals surface area contributed by atoms with E-state index in [1.54, 1.807) is 13.2 Å². The van der Waals surface area contributed by atoms with E-state index < -0.39 is 5.60 Å². The highest BCUT2D eigenvalue weighted by molar-refractivity contribution is 5.10. The lowest BCUT2D eigenvalue weighted by molar-refractivity contribution is -0.0650. The molecule has 1 aliphatic rings. The van der Waals surface area contributed by atoms with Crippen molar-refractivity contribution in [2.45, 2.75) is 44.6 Å². The molecule has 0 radical (unpaired) electrons. The number of hydrogen-bond donors (Lipinski definition) is 1. The topological polar surface area (TPSA) is 38.7 Å². The fraction of sp³-hybridized carbons (Fsp3) is 0.750. The zero-order chi connectivity index (χ0) is 11.1. The number of ether oxygens (including phenoxy) is 2. The Hall–Kier alpha value is -0.760. The van der Waals surface area contributed by atoms with Gasteiger partial charge in [-0.3, -0.25) is 0 Å². The lowest BCUT2D eigenvalue weighted by Crippen LogP contribution is -2.34. The van der Waals surface area contributed by atoms with Gasteiger partial charge in [-0.05, 0) is 25.8 Å². The summed E-state index contributed by atoms with van der Waals surface area (Å²) in [6.07, 6.45) is 6.55. The minimum absolute atomic E-state index is 0.165. The third-order valence-electron chi connectivity index (χ3n) is 2.70. The van der Waals surface area contributed by atoms with E-state index in [1.807, 2.05) is 6.92 Å². The standard InChI is InChI=1S/C12H20O3/c1-3-7-11(15-10-14-2)12(13)8-5-4-6-9-12/h3,13H,4-6,8-10H2,1-2H3. The van der Waals surface area contributed by atoms with Crippen LogP contribution in [0.5, 0.6) is 0 Å². The van der Waals surface area contributed by atoms with Gasteiger partial charge in [-0.1, -0.05) is 25.0 Å². The molecular weight excluding hydrogens is 192 g/mol. The molecule has 0 saturated heterocycles. The van der Waals surface area contributed by atoms with Gasteiger partial charge < -0.3 is 14.6 Å². The molecule has 0 atom stereocenters. The van der Waals surface area contributed by atoms with E-state index in [1.165, 1.54) is 6.42 Å². The van der Waals surface area contributed by atoms with Crippen LogP contribution in [0.1, 0.15) is 39.0 Å². The molecule has 86 valence electrons. The Morgan fingerprint density at radius 2 is 2.07 bits per heavy atom. The lowest BCUT2D eigenvalue weighted by Gasteiger charge is -2.32. The molecule has 1 fully saturated rings. The molecule has 0 aromatic carbocycles. The second-order valence-corrected chi connectivity index (χ2v) is 3.91. The largest absolute Gasteiger partial charge is 0.461 e. The average molecular weight is 212 g/mol. The van der Waals surface area contributed by atoms with Crippen molar-refractivity contribution in [2.24, 2.45) is 0 Å². The first-order valence-corrected chi connectivity index (χ1v) is 5.49. The smallest absolute Gasteiger partial charge is 0.189 e. The Kier molecular flexibility index (Phi) is 4.89. The monoisotopic (exact) mass is 212 g/mol. The minimum Gasteiger partial charge on any atom is -0.461 e. The van der Waals surface area contributed by atoms with Crippen molar-refractivity contribution in [3.63, 3.8) is 0 Å². The van der Waals surface area contributed by atoms with Crippen molar-refractivity contribution in [2.75, 3.05) is 13.9 Å². The number of hydrogen-bond acceptors (Lipinski definition) is 3. The van der Waals surface area contributed by atoms with Crippen LogP contribution in [0.3, 0.4) is 0 Å². The lowest BCUT2D eigenvalue weighted by atomic mass is 9.83. The van der Waals surface area contributed by atoms with Crippen LogP contribution in [-0.4, -0.2) is 24.6 Å². The van der Waals surface area contributed by atoms with Gasteiger partial charge in [0, 0.05) is 7.11 Å². The molecule has 0 unspecified atom stereocenters. The van der Waals surface area contributed by atoms with Crippen molar-refractivity contribution >= 4 is 0 Å². The fourth-order valence-electron chi connectivity index (χ4n) is 1.92. The summed E-state index contributed by atoms with van der Waals surface area (Å²) in [7, 11) is 1.57. The predicted molar refractivity (Wildman–Crippen MR) is 58.3 cm³/mol. The van der Waals surface area contributed by atoms with E-state index in [0.717, 1.165) is 25.7 Å². The molecule has 1 aliphatic carbocycles. The van der Waals surface area contributed by atoms with Crippen molar-refractivity contribution in [1.82, 2.24) is 0 Å². The van der Waals surface area contributed by atoms with E-state index in [0.29, 0.717) is 5.76 Å². The molecule has 0 aromatic rings. The van der Waals surface area contributed by atoms with Crippen LogP contribution in [-0.2, 0) is 9.47 Å². The second kappa shape index (κ2) is 5.96. The Morgan fingerprint density at radius 1 is 1.40 bits per heavy atom. The van der Waals surface area contributed by atoms with Gasteiger partial charge in [0.1, 0.15) is 5.60 Å². The van der Waals surface area contributed by atoms with Crippen molar-refractivity contribution in [3.05, 3.63) is 17.6 Å². The van der Waals surface area contributed by atoms with Crippen LogP contribution in [0.2, 0.25) is 0 Å². The number of methoxy groups -OCH3 is 1. The summed E-state index contributed by atoms with van der Waals surface area (Å²) in [4.78, 5) is 0. The van der Waals surface area contributed by atoms with Gasteiger partial charge in [-0.25, -0.2) is 0 Å². The average Bonchev–Trinajstić information content (AvgIpc) is 2.25. The summed E-state index contributed by atoms with van der Waals surface area (Å²) in [5.41, 5.74) is 2.14. The fourth-order valence-corrected chi connectivity index (χ4v) is 1.92. The SMILES string of the molecule is CC=C=C(OCOC)C1(O)CCCCC1. The van der Waals surface area contributed by atoms with Crippen LogP contribution in [0.25, 0.3) is 0 Å². The maximum absolute atomic E-state index is 10.4. The molecule has 0 amide bonds. The van der Waals surface area contributed by atoms with E-state index in [4.69, 9.17) is 9.47 Å². The molecule has 0 bridgehead atoms. The summed E-state index contributed by atoms with van der Waals surface area (Å²) in [5, 5.41) is 10.4. The number of rotatable bonds is 4. The van der Waals surface area contributed by atoms with E-state index in [2.05, 4.69) is 5.73 Å². The highest BCUT2D eigenvalue weighted by Crippen LogP contribution is 2.34. The Balaban J connectivity index is 2.73. The first kappa shape index (κ1) is 12.3. The van der Waals surface area contributed by atoms with E-state index in [9.17, 15) is 5.11 Å². The molecular formula is C12H20O3. The van der Waals surface area contributed by atoms with Gasteiger partial charge >= 0.3 is 0 Å². The summed E-state index contributed by atoms with van der Waals surface area (Å²) >= 11 is 0. The first-order valence-electron chi connectivity index (χ1n) is 5.49. The molecule has 3 nitrogen and oxygen atoms in total. The predicted octanol–water partition coefficient (Wildman–Crippen LogP) is 2.36. The Morgan fingerprint density at radius 3 is 2.60 bits per heavy atom. The molecule has 3 heteroatoms. The molecule has 1 saturated carbocycles. The normalized spacial score (nSPS) is 19.1.